The first-order chi connectivity index (χ1) is 15.4. The fraction of sp³-hybridized carbons (Fsp3) is 0.360. The number of thioether (sulfide) groups is 2. The van der Waals surface area contributed by atoms with Crippen molar-refractivity contribution in [2.75, 3.05) is 23.5 Å². The van der Waals surface area contributed by atoms with Crippen LogP contribution >= 0.6 is 23.5 Å². The van der Waals surface area contributed by atoms with Gasteiger partial charge in [0.25, 0.3) is 0 Å². The summed E-state index contributed by atoms with van der Waals surface area (Å²) in [6.07, 6.45) is 2.91. The molecule has 1 unspecified atom stereocenters. The number of aromatic nitrogens is 1. The number of benzene rings is 2. The maximum atomic E-state index is 13.7. The molecule has 168 valence electrons. The zero-order chi connectivity index (χ0) is 22.8. The molecule has 32 heavy (non-hydrogen) atoms. The normalized spacial score (nSPS) is 16.3. The van der Waals surface area contributed by atoms with E-state index in [-0.39, 0.29) is 17.6 Å². The lowest BCUT2D eigenvalue weighted by Gasteiger charge is -2.30. The molecule has 2 aromatic carbocycles. The third-order valence-electron chi connectivity index (χ3n) is 5.82. The van der Waals surface area contributed by atoms with Gasteiger partial charge < -0.3 is 9.88 Å². The highest BCUT2D eigenvalue weighted by Gasteiger charge is 2.39. The average Bonchev–Trinajstić information content (AvgIpc) is 2.96. The van der Waals surface area contributed by atoms with Crippen LogP contribution < -0.4 is 10.2 Å². The van der Waals surface area contributed by atoms with E-state index >= 15 is 0 Å². The predicted molar refractivity (Wildman–Crippen MR) is 135 cm³/mol. The second kappa shape index (κ2) is 9.63. The van der Waals surface area contributed by atoms with Crippen LogP contribution in [0.1, 0.15) is 31.9 Å². The Morgan fingerprint density at radius 3 is 2.75 bits per heavy atom. The average molecular weight is 468 g/mol. The highest BCUT2D eigenvalue weighted by Crippen LogP contribution is 2.43. The number of aryl methyl sites for hydroxylation is 1. The molecule has 0 spiro atoms. The van der Waals surface area contributed by atoms with Gasteiger partial charge in [-0.2, -0.15) is 0 Å². The van der Waals surface area contributed by atoms with Gasteiger partial charge in [0.2, 0.25) is 11.8 Å². The SMILES string of the molecule is CSc1cccc(N2C(=O)CSc3c(c4ccccc4n3C)C2C(=O)NCCC(C)C)c1. The van der Waals surface area contributed by atoms with Crippen LogP contribution in [0.25, 0.3) is 10.9 Å². The Morgan fingerprint density at radius 2 is 2.00 bits per heavy atom. The minimum atomic E-state index is -0.720. The number of nitrogens with zero attached hydrogens (tertiary/aromatic N) is 2. The number of amides is 2. The molecule has 2 amide bonds. The molecule has 7 heteroatoms. The van der Waals surface area contributed by atoms with Crippen LogP contribution in [0, 0.1) is 5.92 Å². The summed E-state index contributed by atoms with van der Waals surface area (Å²) in [5.41, 5.74) is 2.74. The summed E-state index contributed by atoms with van der Waals surface area (Å²) in [6, 6.07) is 15.3. The van der Waals surface area contributed by atoms with Gasteiger partial charge in [0.1, 0.15) is 6.04 Å². The number of nitrogens with one attached hydrogen (secondary N) is 1. The van der Waals surface area contributed by atoms with Gasteiger partial charge in [-0.15, -0.1) is 11.8 Å². The molecule has 5 nitrogen and oxygen atoms in total. The summed E-state index contributed by atoms with van der Waals surface area (Å²) < 4.78 is 2.11. The maximum absolute atomic E-state index is 13.7. The van der Waals surface area contributed by atoms with Gasteiger partial charge >= 0.3 is 0 Å². The summed E-state index contributed by atoms with van der Waals surface area (Å²) in [5, 5.41) is 5.11. The van der Waals surface area contributed by atoms with Crippen molar-refractivity contribution in [1.29, 1.82) is 0 Å². The van der Waals surface area contributed by atoms with E-state index in [4.69, 9.17) is 0 Å². The van der Waals surface area contributed by atoms with Crippen LogP contribution in [0.5, 0.6) is 0 Å². The number of anilines is 1. The van der Waals surface area contributed by atoms with E-state index in [2.05, 4.69) is 35.9 Å². The number of fused-ring (bicyclic) bond motifs is 3. The number of para-hydroxylation sites is 1. The van der Waals surface area contributed by atoms with Crippen LogP contribution in [-0.2, 0) is 16.6 Å². The monoisotopic (exact) mass is 467 g/mol. The zero-order valence-corrected chi connectivity index (χ0v) is 20.6. The van der Waals surface area contributed by atoms with Crippen LogP contribution in [0.3, 0.4) is 0 Å². The molecule has 0 bridgehead atoms. The molecule has 0 aliphatic carbocycles. The number of hydrogen-bond donors (Lipinski definition) is 1. The van der Waals surface area contributed by atoms with E-state index in [9.17, 15) is 9.59 Å². The Bertz CT molecular complexity index is 1160. The minimum absolute atomic E-state index is 0.0578. The van der Waals surface area contributed by atoms with Crippen molar-refractivity contribution in [1.82, 2.24) is 9.88 Å². The summed E-state index contributed by atoms with van der Waals surface area (Å²) in [7, 11) is 2.01. The van der Waals surface area contributed by atoms with Gasteiger partial charge in [-0.05, 0) is 42.9 Å². The number of carbonyl (C=O) groups is 2. The van der Waals surface area contributed by atoms with Gasteiger partial charge in [0.05, 0.1) is 10.8 Å². The molecule has 0 radical (unpaired) electrons. The fourth-order valence-corrected chi connectivity index (χ4v) is 5.71. The molecule has 3 aromatic rings. The molecule has 1 atom stereocenters. The summed E-state index contributed by atoms with van der Waals surface area (Å²) in [5.74, 6) is 0.589. The minimum Gasteiger partial charge on any atom is -0.354 e. The van der Waals surface area contributed by atoms with E-state index in [0.29, 0.717) is 12.5 Å². The van der Waals surface area contributed by atoms with Gasteiger partial charge in [-0.1, -0.05) is 49.9 Å². The van der Waals surface area contributed by atoms with Gasteiger partial charge in [-0.3, -0.25) is 14.5 Å². The van der Waals surface area contributed by atoms with Gasteiger partial charge in [0.15, 0.2) is 0 Å². The highest BCUT2D eigenvalue weighted by atomic mass is 32.2. The molecule has 2 heterocycles. The molecular weight excluding hydrogens is 438 g/mol. The lowest BCUT2D eigenvalue weighted by molar-refractivity contribution is -0.125. The lowest BCUT2D eigenvalue weighted by Crippen LogP contribution is -2.44. The quantitative estimate of drug-likeness (QED) is 0.504. The van der Waals surface area contributed by atoms with Crippen molar-refractivity contribution < 1.29 is 9.59 Å². The van der Waals surface area contributed by atoms with Gasteiger partial charge in [-0.25, -0.2) is 0 Å². The summed E-state index contributed by atoms with van der Waals surface area (Å²) in [4.78, 5) is 29.9. The molecule has 0 fully saturated rings. The van der Waals surface area contributed by atoms with Crippen LogP contribution in [0.15, 0.2) is 58.5 Å². The first-order valence-electron chi connectivity index (χ1n) is 10.9. The molecule has 1 aliphatic rings. The van der Waals surface area contributed by atoms with E-state index in [1.807, 2.05) is 49.7 Å². The van der Waals surface area contributed by atoms with Crippen molar-refractivity contribution >= 4 is 51.9 Å². The first-order valence-corrected chi connectivity index (χ1v) is 13.1. The van der Waals surface area contributed by atoms with E-state index < -0.39 is 6.04 Å². The molecule has 4 rings (SSSR count). The van der Waals surface area contributed by atoms with Crippen molar-refractivity contribution in [3.63, 3.8) is 0 Å². The van der Waals surface area contributed by atoms with Crippen LogP contribution in [0.2, 0.25) is 0 Å². The fourth-order valence-electron chi connectivity index (χ4n) is 4.19. The zero-order valence-electron chi connectivity index (χ0n) is 18.9. The third-order valence-corrected chi connectivity index (χ3v) is 7.71. The standard InChI is InChI=1S/C25H29N3O2S2/c1-16(2)12-13-26-24(30)23-22-19-10-5-6-11-20(19)27(3)25(22)32-15-21(29)28(23)17-8-7-9-18(14-17)31-4/h5-11,14,16,23H,12-13,15H2,1-4H3,(H,26,30). The van der Waals surface area contributed by atoms with Gasteiger partial charge in [0, 0.05) is 40.6 Å². The molecular formula is C25H29N3O2S2. The van der Waals surface area contributed by atoms with E-state index in [1.54, 1.807) is 16.7 Å². The number of hydrogen-bond acceptors (Lipinski definition) is 4. The van der Waals surface area contributed by atoms with Crippen molar-refractivity contribution in [3.8, 4) is 0 Å². The van der Waals surface area contributed by atoms with Crippen molar-refractivity contribution in [2.24, 2.45) is 13.0 Å². The maximum Gasteiger partial charge on any atom is 0.247 e. The summed E-state index contributed by atoms with van der Waals surface area (Å²) in [6.45, 7) is 4.87. The Balaban J connectivity index is 1.88. The molecule has 0 saturated heterocycles. The molecule has 1 N–H and O–H groups in total. The van der Waals surface area contributed by atoms with Crippen LogP contribution in [-0.4, -0.2) is 34.9 Å². The Labute approximate surface area is 197 Å². The number of carbonyl (C=O) groups excluding carboxylic acids is 2. The van der Waals surface area contributed by atoms with E-state index in [1.165, 1.54) is 11.8 Å². The highest BCUT2D eigenvalue weighted by molar-refractivity contribution is 8.00. The van der Waals surface area contributed by atoms with Crippen molar-refractivity contribution in [2.45, 2.75) is 36.2 Å². The van der Waals surface area contributed by atoms with E-state index in [0.717, 1.165) is 38.5 Å². The molecule has 0 saturated carbocycles. The lowest BCUT2D eigenvalue weighted by atomic mass is 10.0. The first kappa shape index (κ1) is 22.8. The topological polar surface area (TPSA) is 54.3 Å². The van der Waals surface area contributed by atoms with Crippen molar-refractivity contribution in [3.05, 3.63) is 54.1 Å². The Morgan fingerprint density at radius 1 is 1.22 bits per heavy atom. The second-order valence-electron chi connectivity index (χ2n) is 8.42. The number of rotatable bonds is 6. The molecule has 1 aliphatic heterocycles. The summed E-state index contributed by atoms with van der Waals surface area (Å²) >= 11 is 3.14. The smallest absolute Gasteiger partial charge is 0.247 e. The third kappa shape index (κ3) is 4.28. The Kier molecular flexibility index (Phi) is 6.86. The predicted octanol–water partition coefficient (Wildman–Crippen LogP) is 5.24. The molecule has 1 aromatic heterocycles. The van der Waals surface area contributed by atoms with Crippen LogP contribution in [0.4, 0.5) is 5.69 Å². The second-order valence-corrected chi connectivity index (χ2v) is 10.3. The Hall–Kier alpha value is -2.38. The largest absolute Gasteiger partial charge is 0.354 e.